The second-order valence-electron chi connectivity index (χ2n) is 5.90. The van der Waals surface area contributed by atoms with E-state index in [2.05, 4.69) is 10.6 Å². The molecule has 1 aromatic carbocycles. The lowest BCUT2D eigenvalue weighted by molar-refractivity contribution is 0.241. The summed E-state index contributed by atoms with van der Waals surface area (Å²) >= 11 is 0. The summed E-state index contributed by atoms with van der Waals surface area (Å²) in [6.07, 6.45) is 2.75. The van der Waals surface area contributed by atoms with Crippen molar-refractivity contribution in [2.45, 2.75) is 19.8 Å². The number of hydrogen-bond donors (Lipinski definition) is 2. The molecule has 1 aliphatic heterocycles. The van der Waals surface area contributed by atoms with Gasteiger partial charge in [0.05, 0.1) is 12.9 Å². The highest BCUT2D eigenvalue weighted by molar-refractivity contribution is 7.88. The molecule has 0 aromatic heterocycles. The van der Waals surface area contributed by atoms with E-state index < -0.39 is 10.0 Å². The molecule has 0 spiro atoms. The summed E-state index contributed by atoms with van der Waals surface area (Å²) in [6.45, 7) is 4.10. The van der Waals surface area contributed by atoms with Crippen LogP contribution in [0.25, 0.3) is 0 Å². The summed E-state index contributed by atoms with van der Waals surface area (Å²) in [5.74, 6) is 1.06. The second-order valence-corrected chi connectivity index (χ2v) is 7.88. The molecular formula is C16H25N3O4S. The molecule has 0 radical (unpaired) electrons. The first-order chi connectivity index (χ1) is 11.4. The van der Waals surface area contributed by atoms with Crippen LogP contribution >= 0.6 is 0 Å². The lowest BCUT2D eigenvalue weighted by atomic mass is 9.98. The Balaban J connectivity index is 1.72. The molecule has 2 amide bonds. The van der Waals surface area contributed by atoms with E-state index in [4.69, 9.17) is 4.74 Å². The summed E-state index contributed by atoms with van der Waals surface area (Å²) in [5, 5.41) is 5.62. The number of sulfonamides is 1. The number of hydrogen-bond acceptors (Lipinski definition) is 4. The van der Waals surface area contributed by atoms with Crippen LogP contribution in [0.1, 0.15) is 19.8 Å². The number of carbonyl (C=O) groups excluding carboxylic acids is 1. The maximum absolute atomic E-state index is 11.9. The Morgan fingerprint density at radius 3 is 2.42 bits per heavy atom. The van der Waals surface area contributed by atoms with Gasteiger partial charge in [-0.25, -0.2) is 17.5 Å². The fourth-order valence-corrected chi connectivity index (χ4v) is 3.53. The van der Waals surface area contributed by atoms with E-state index in [0.717, 1.165) is 18.6 Å². The number of ether oxygens (including phenoxy) is 1. The Kier molecular flexibility index (Phi) is 6.44. The highest BCUT2D eigenvalue weighted by atomic mass is 32.2. The van der Waals surface area contributed by atoms with Gasteiger partial charge < -0.3 is 15.4 Å². The molecule has 24 heavy (non-hydrogen) atoms. The van der Waals surface area contributed by atoms with Crippen molar-refractivity contribution in [3.05, 3.63) is 24.3 Å². The Bertz CT molecular complexity index is 638. The summed E-state index contributed by atoms with van der Waals surface area (Å²) in [6, 6.07) is 6.93. The van der Waals surface area contributed by atoms with Crippen LogP contribution < -0.4 is 15.4 Å². The zero-order chi connectivity index (χ0) is 17.6. The maximum atomic E-state index is 11.9. The minimum atomic E-state index is -3.11. The third-order valence-electron chi connectivity index (χ3n) is 4.02. The Morgan fingerprint density at radius 1 is 1.25 bits per heavy atom. The number of urea groups is 1. The molecule has 2 N–H and O–H groups in total. The first-order valence-electron chi connectivity index (χ1n) is 8.11. The first kappa shape index (κ1) is 18.5. The van der Waals surface area contributed by atoms with Crippen LogP contribution in [0.4, 0.5) is 10.5 Å². The molecule has 134 valence electrons. The number of carbonyl (C=O) groups is 1. The van der Waals surface area contributed by atoms with E-state index in [9.17, 15) is 13.2 Å². The number of anilines is 1. The minimum absolute atomic E-state index is 0.260. The molecule has 0 bridgehead atoms. The largest absolute Gasteiger partial charge is 0.494 e. The molecule has 1 fully saturated rings. The predicted octanol–water partition coefficient (Wildman–Crippen LogP) is 1.88. The SMILES string of the molecule is CCOc1ccc(NC(=O)NCC2CCN(S(C)(=O)=O)CC2)cc1. The Morgan fingerprint density at radius 2 is 1.88 bits per heavy atom. The van der Waals surface area contributed by atoms with E-state index in [1.165, 1.54) is 10.6 Å². The van der Waals surface area contributed by atoms with E-state index >= 15 is 0 Å². The summed E-state index contributed by atoms with van der Waals surface area (Å²) < 4.78 is 29.8. The maximum Gasteiger partial charge on any atom is 0.319 e. The third kappa shape index (κ3) is 5.68. The molecule has 1 saturated heterocycles. The van der Waals surface area contributed by atoms with Crippen LogP contribution in [0, 0.1) is 5.92 Å². The standard InChI is InChI=1S/C16H25N3O4S/c1-3-23-15-6-4-14(5-7-15)18-16(20)17-12-13-8-10-19(11-9-13)24(2,21)22/h4-7,13H,3,8-12H2,1-2H3,(H2,17,18,20). The number of amides is 2. The van der Waals surface area contributed by atoms with Gasteiger partial charge >= 0.3 is 6.03 Å². The van der Waals surface area contributed by atoms with Crippen LogP contribution in [-0.2, 0) is 10.0 Å². The van der Waals surface area contributed by atoms with Crippen molar-refractivity contribution in [1.82, 2.24) is 9.62 Å². The lowest BCUT2D eigenvalue weighted by Crippen LogP contribution is -2.41. The van der Waals surface area contributed by atoms with Crippen molar-refractivity contribution >= 4 is 21.7 Å². The van der Waals surface area contributed by atoms with Gasteiger partial charge in [0.25, 0.3) is 0 Å². The highest BCUT2D eigenvalue weighted by Crippen LogP contribution is 2.19. The van der Waals surface area contributed by atoms with Gasteiger partial charge in [-0.2, -0.15) is 0 Å². The van der Waals surface area contributed by atoms with Gasteiger partial charge in [-0.3, -0.25) is 0 Å². The van der Waals surface area contributed by atoms with Gasteiger partial charge in [0.15, 0.2) is 0 Å². The van der Waals surface area contributed by atoms with Crippen molar-refractivity contribution in [1.29, 1.82) is 0 Å². The Hall–Kier alpha value is -1.80. The molecule has 8 heteroatoms. The molecule has 0 atom stereocenters. The lowest BCUT2D eigenvalue weighted by Gasteiger charge is -2.30. The fourth-order valence-electron chi connectivity index (χ4n) is 2.66. The van der Waals surface area contributed by atoms with Crippen molar-refractivity contribution < 1.29 is 17.9 Å². The molecule has 0 unspecified atom stereocenters. The van der Waals surface area contributed by atoms with Crippen LogP contribution in [-0.4, -0.2) is 51.3 Å². The molecule has 0 saturated carbocycles. The molecule has 1 aromatic rings. The van der Waals surface area contributed by atoms with Crippen molar-refractivity contribution in [2.75, 3.05) is 37.8 Å². The van der Waals surface area contributed by atoms with Gasteiger partial charge in [-0.1, -0.05) is 0 Å². The normalized spacial score (nSPS) is 16.6. The molecule has 2 rings (SSSR count). The first-order valence-corrected chi connectivity index (χ1v) is 9.96. The number of benzene rings is 1. The average molecular weight is 355 g/mol. The summed E-state index contributed by atoms with van der Waals surface area (Å²) in [5.41, 5.74) is 0.697. The van der Waals surface area contributed by atoms with Crippen molar-refractivity contribution in [3.8, 4) is 5.75 Å². The molecule has 1 aliphatic rings. The Labute approximate surface area is 143 Å². The van der Waals surface area contributed by atoms with E-state index in [1.807, 2.05) is 6.92 Å². The minimum Gasteiger partial charge on any atom is -0.494 e. The van der Waals surface area contributed by atoms with Crippen LogP contribution in [0.5, 0.6) is 5.75 Å². The molecule has 7 nitrogen and oxygen atoms in total. The second kappa shape index (κ2) is 8.34. The molecule has 1 heterocycles. The van der Waals surface area contributed by atoms with Gasteiger partial charge in [0.2, 0.25) is 10.0 Å². The van der Waals surface area contributed by atoms with Gasteiger partial charge in [-0.15, -0.1) is 0 Å². The summed E-state index contributed by atoms with van der Waals surface area (Å²) in [4.78, 5) is 11.9. The number of rotatable bonds is 6. The van der Waals surface area contributed by atoms with E-state index in [-0.39, 0.29) is 6.03 Å². The zero-order valence-corrected chi connectivity index (χ0v) is 14.9. The van der Waals surface area contributed by atoms with Gasteiger partial charge in [0.1, 0.15) is 5.75 Å². The third-order valence-corrected chi connectivity index (χ3v) is 5.32. The van der Waals surface area contributed by atoms with Gasteiger partial charge in [-0.05, 0) is 49.9 Å². The molecular weight excluding hydrogens is 330 g/mol. The topological polar surface area (TPSA) is 87.7 Å². The highest BCUT2D eigenvalue weighted by Gasteiger charge is 2.24. The smallest absolute Gasteiger partial charge is 0.319 e. The van der Waals surface area contributed by atoms with E-state index in [1.54, 1.807) is 24.3 Å². The van der Waals surface area contributed by atoms with Crippen molar-refractivity contribution in [2.24, 2.45) is 5.92 Å². The van der Waals surface area contributed by atoms with Crippen LogP contribution in [0.2, 0.25) is 0 Å². The number of piperidine rings is 1. The van der Waals surface area contributed by atoms with Crippen LogP contribution in [0.15, 0.2) is 24.3 Å². The zero-order valence-electron chi connectivity index (χ0n) is 14.1. The number of nitrogens with one attached hydrogen (secondary N) is 2. The van der Waals surface area contributed by atoms with E-state index in [0.29, 0.717) is 37.8 Å². The quantitative estimate of drug-likeness (QED) is 0.815. The van der Waals surface area contributed by atoms with Crippen LogP contribution in [0.3, 0.4) is 0 Å². The number of nitrogens with zero attached hydrogens (tertiary/aromatic N) is 1. The monoisotopic (exact) mass is 355 g/mol. The molecule has 0 aliphatic carbocycles. The van der Waals surface area contributed by atoms with Gasteiger partial charge in [0, 0.05) is 25.3 Å². The average Bonchev–Trinajstić information content (AvgIpc) is 2.55. The fraction of sp³-hybridized carbons (Fsp3) is 0.562. The van der Waals surface area contributed by atoms with Crippen molar-refractivity contribution in [3.63, 3.8) is 0 Å². The summed E-state index contributed by atoms with van der Waals surface area (Å²) in [7, 11) is -3.11. The predicted molar refractivity (Wildman–Crippen MR) is 93.8 cm³/mol.